The van der Waals surface area contributed by atoms with Gasteiger partial charge in [-0.25, -0.2) is 0 Å². The lowest BCUT2D eigenvalue weighted by molar-refractivity contribution is -0.150. The minimum Gasteiger partial charge on any atom is -0.508 e. The molecule has 4 saturated carbocycles. The molecule has 102 valence electrons. The predicted octanol–water partition coefficient (Wildman–Crippen LogP) is 1.98. The third-order valence-electron chi connectivity index (χ3n) is 5.83. The molecule has 0 aromatic heterocycles. The van der Waals surface area contributed by atoms with Gasteiger partial charge in [-0.2, -0.15) is 0 Å². The van der Waals surface area contributed by atoms with Gasteiger partial charge in [-0.3, -0.25) is 0 Å². The lowest BCUT2D eigenvalue weighted by Gasteiger charge is -2.61. The lowest BCUT2D eigenvalue weighted by atomic mass is 9.47. The van der Waals surface area contributed by atoms with E-state index in [0.717, 1.165) is 19.3 Å². The van der Waals surface area contributed by atoms with E-state index >= 15 is 0 Å². The van der Waals surface area contributed by atoms with Crippen LogP contribution in [0.2, 0.25) is 0 Å². The normalized spacial score (nSPS) is 47.6. The summed E-state index contributed by atoms with van der Waals surface area (Å²) in [7, 11) is 0. The van der Waals surface area contributed by atoms with E-state index in [9.17, 15) is 10.2 Å². The van der Waals surface area contributed by atoms with Gasteiger partial charge in [0.15, 0.2) is 0 Å². The third-order valence-corrected chi connectivity index (χ3v) is 5.83. The average Bonchev–Trinajstić information content (AvgIpc) is 2.37. The van der Waals surface area contributed by atoms with Gasteiger partial charge in [0.2, 0.25) is 0 Å². The molecule has 0 heterocycles. The third kappa shape index (κ3) is 1.58. The number of phenols is 1. The Balaban J connectivity index is 1.73. The quantitative estimate of drug-likeness (QED) is 0.722. The molecule has 3 heteroatoms. The van der Waals surface area contributed by atoms with Crippen LogP contribution in [0.1, 0.15) is 37.2 Å². The summed E-state index contributed by atoms with van der Waals surface area (Å²) < 4.78 is 0. The van der Waals surface area contributed by atoms with Gasteiger partial charge in [0.25, 0.3) is 0 Å². The molecule has 0 radical (unpaired) electrons. The predicted molar refractivity (Wildman–Crippen MR) is 72.7 cm³/mol. The Kier molecular flexibility index (Phi) is 2.31. The van der Waals surface area contributed by atoms with Crippen molar-refractivity contribution in [2.24, 2.45) is 23.5 Å². The summed E-state index contributed by atoms with van der Waals surface area (Å²) in [5.74, 6) is 2.41. The van der Waals surface area contributed by atoms with Gasteiger partial charge in [0.05, 0.1) is 5.60 Å². The minimum atomic E-state index is -0.607. The van der Waals surface area contributed by atoms with Gasteiger partial charge in [-0.1, -0.05) is 12.1 Å². The van der Waals surface area contributed by atoms with Gasteiger partial charge >= 0.3 is 0 Å². The molecule has 19 heavy (non-hydrogen) atoms. The maximum atomic E-state index is 10.7. The number of hydrogen-bond donors (Lipinski definition) is 3. The summed E-state index contributed by atoms with van der Waals surface area (Å²) >= 11 is 0. The summed E-state index contributed by atoms with van der Waals surface area (Å²) in [5.41, 5.74) is 7.04. The Morgan fingerprint density at radius 1 is 1.11 bits per heavy atom. The first kappa shape index (κ1) is 11.7. The van der Waals surface area contributed by atoms with E-state index in [1.54, 1.807) is 12.1 Å². The molecule has 0 aliphatic heterocycles. The van der Waals surface area contributed by atoms with E-state index in [2.05, 4.69) is 0 Å². The highest BCUT2D eigenvalue weighted by molar-refractivity contribution is 5.32. The van der Waals surface area contributed by atoms with Crippen molar-refractivity contribution >= 4 is 0 Å². The molecule has 3 nitrogen and oxygen atoms in total. The first-order chi connectivity index (χ1) is 9.07. The molecule has 1 aromatic rings. The number of rotatable bonds is 1. The van der Waals surface area contributed by atoms with E-state index in [1.807, 2.05) is 12.1 Å². The number of phenolic OH excluding ortho intramolecular Hbond substituents is 1. The highest BCUT2D eigenvalue weighted by Gasteiger charge is 2.59. The van der Waals surface area contributed by atoms with Crippen LogP contribution in [0.5, 0.6) is 5.75 Å². The maximum absolute atomic E-state index is 10.7. The molecule has 6 unspecified atom stereocenters. The standard InChI is InChI=1S/C16H21NO2/c17-15-13-6-9-5-11(8-16(15,19)7-9)14(13)10-1-3-12(18)4-2-10/h1-4,9,11,13-15,18-19H,5-8,17H2. The van der Waals surface area contributed by atoms with Gasteiger partial charge in [0, 0.05) is 6.04 Å². The van der Waals surface area contributed by atoms with E-state index in [4.69, 9.17) is 5.73 Å². The topological polar surface area (TPSA) is 66.5 Å². The molecule has 5 rings (SSSR count). The van der Waals surface area contributed by atoms with Crippen molar-refractivity contribution in [1.82, 2.24) is 0 Å². The van der Waals surface area contributed by atoms with Gasteiger partial charge in [0.1, 0.15) is 5.75 Å². The van der Waals surface area contributed by atoms with Crippen LogP contribution in [0.4, 0.5) is 0 Å². The van der Waals surface area contributed by atoms with Crippen LogP contribution < -0.4 is 5.73 Å². The maximum Gasteiger partial charge on any atom is 0.115 e. The Bertz CT molecular complexity index is 500. The molecule has 4 aliphatic rings. The number of hydrogen-bond acceptors (Lipinski definition) is 3. The fourth-order valence-electron chi connectivity index (χ4n) is 5.22. The van der Waals surface area contributed by atoms with Crippen molar-refractivity contribution in [2.75, 3.05) is 0 Å². The van der Waals surface area contributed by atoms with Crippen LogP contribution in [0.25, 0.3) is 0 Å². The van der Waals surface area contributed by atoms with Crippen LogP contribution in [-0.2, 0) is 0 Å². The molecule has 1 aromatic carbocycles. The Morgan fingerprint density at radius 2 is 1.84 bits per heavy atom. The molecule has 0 saturated heterocycles. The van der Waals surface area contributed by atoms with Crippen LogP contribution >= 0.6 is 0 Å². The summed E-state index contributed by atoms with van der Waals surface area (Å²) in [5, 5.41) is 20.2. The van der Waals surface area contributed by atoms with Crippen molar-refractivity contribution in [3.63, 3.8) is 0 Å². The number of nitrogens with two attached hydrogens (primary N) is 1. The SMILES string of the molecule is NC1C2CC3CC(CC1(O)C3)C2c1ccc(O)cc1. The Labute approximate surface area is 113 Å². The lowest BCUT2D eigenvalue weighted by Crippen LogP contribution is -2.66. The van der Waals surface area contributed by atoms with E-state index in [1.165, 1.54) is 12.0 Å². The average molecular weight is 259 g/mol. The molecule has 0 amide bonds. The summed E-state index contributed by atoms with van der Waals surface area (Å²) in [4.78, 5) is 0. The smallest absolute Gasteiger partial charge is 0.115 e. The second-order valence-corrected chi connectivity index (χ2v) is 6.92. The first-order valence-electron chi connectivity index (χ1n) is 7.34. The van der Waals surface area contributed by atoms with Crippen molar-refractivity contribution in [3.8, 4) is 5.75 Å². The fraction of sp³-hybridized carbons (Fsp3) is 0.625. The van der Waals surface area contributed by atoms with Crippen LogP contribution in [0, 0.1) is 17.8 Å². The molecule has 4 aliphatic carbocycles. The van der Waals surface area contributed by atoms with Gasteiger partial charge in [-0.15, -0.1) is 0 Å². The monoisotopic (exact) mass is 259 g/mol. The number of benzene rings is 1. The molecular weight excluding hydrogens is 238 g/mol. The molecule has 4 bridgehead atoms. The molecule has 4 N–H and O–H groups in total. The van der Waals surface area contributed by atoms with E-state index in [-0.39, 0.29) is 6.04 Å². The molecule has 0 spiro atoms. The molecular formula is C16H21NO2. The zero-order valence-corrected chi connectivity index (χ0v) is 11.0. The Hall–Kier alpha value is -1.06. The van der Waals surface area contributed by atoms with Crippen molar-refractivity contribution in [1.29, 1.82) is 0 Å². The van der Waals surface area contributed by atoms with Gasteiger partial charge in [-0.05, 0) is 67.1 Å². The second kappa shape index (κ2) is 3.74. The molecule has 6 atom stereocenters. The summed E-state index contributed by atoms with van der Waals surface area (Å²) in [6.07, 6.45) is 4.15. The first-order valence-corrected chi connectivity index (χ1v) is 7.34. The summed E-state index contributed by atoms with van der Waals surface area (Å²) in [6.45, 7) is 0. The second-order valence-electron chi connectivity index (χ2n) is 6.92. The number of aliphatic hydroxyl groups is 1. The zero-order valence-electron chi connectivity index (χ0n) is 11.0. The van der Waals surface area contributed by atoms with E-state index in [0.29, 0.717) is 29.4 Å². The number of aromatic hydroxyl groups is 1. The fourth-order valence-corrected chi connectivity index (χ4v) is 5.22. The summed E-state index contributed by atoms with van der Waals surface area (Å²) in [6, 6.07) is 7.50. The van der Waals surface area contributed by atoms with Crippen LogP contribution in [0.3, 0.4) is 0 Å². The largest absolute Gasteiger partial charge is 0.508 e. The van der Waals surface area contributed by atoms with Crippen molar-refractivity contribution in [3.05, 3.63) is 29.8 Å². The highest BCUT2D eigenvalue weighted by Crippen LogP contribution is 2.60. The van der Waals surface area contributed by atoms with Crippen molar-refractivity contribution in [2.45, 2.75) is 43.2 Å². The van der Waals surface area contributed by atoms with Crippen LogP contribution in [-0.4, -0.2) is 21.9 Å². The Morgan fingerprint density at radius 3 is 2.58 bits per heavy atom. The van der Waals surface area contributed by atoms with E-state index < -0.39 is 5.60 Å². The zero-order chi connectivity index (χ0) is 13.2. The van der Waals surface area contributed by atoms with Crippen LogP contribution in [0.15, 0.2) is 24.3 Å². The molecule has 4 fully saturated rings. The van der Waals surface area contributed by atoms with Crippen molar-refractivity contribution < 1.29 is 10.2 Å². The van der Waals surface area contributed by atoms with Gasteiger partial charge < -0.3 is 15.9 Å². The minimum absolute atomic E-state index is 0.0842. The highest BCUT2D eigenvalue weighted by atomic mass is 16.3.